The summed E-state index contributed by atoms with van der Waals surface area (Å²) < 4.78 is 34.4. The van der Waals surface area contributed by atoms with E-state index in [1.54, 1.807) is 27.7 Å². The minimum atomic E-state index is -1.49. The highest BCUT2D eigenvalue weighted by Crippen LogP contribution is 2.31. The molecule has 0 aliphatic rings. The van der Waals surface area contributed by atoms with Gasteiger partial charge in [0.1, 0.15) is 5.82 Å². The van der Waals surface area contributed by atoms with Gasteiger partial charge in [-0.25, -0.2) is 13.3 Å². The maximum atomic E-state index is 14.4. The molecule has 0 aliphatic heterocycles. The summed E-state index contributed by atoms with van der Waals surface area (Å²) in [6.45, 7) is 7.24. The molecule has 8 heteroatoms. The highest BCUT2D eigenvalue weighted by atomic mass is 79.9. The van der Waals surface area contributed by atoms with E-state index in [-0.39, 0.29) is 23.6 Å². The molecule has 0 unspecified atom stereocenters. The van der Waals surface area contributed by atoms with Gasteiger partial charge < -0.3 is 4.74 Å². The Kier molecular flexibility index (Phi) is 7.64. The van der Waals surface area contributed by atoms with Crippen LogP contribution in [-0.4, -0.2) is 21.5 Å². The number of rotatable bonds is 6. The lowest BCUT2D eigenvalue weighted by Gasteiger charge is -2.24. The largest absolute Gasteiger partial charge is 0.466 e. The van der Waals surface area contributed by atoms with E-state index in [0.717, 1.165) is 0 Å². The second kappa shape index (κ2) is 8.55. The van der Waals surface area contributed by atoms with Gasteiger partial charge in [0.2, 0.25) is 0 Å². The summed E-state index contributed by atoms with van der Waals surface area (Å²) in [5.74, 6) is -1.16. The van der Waals surface area contributed by atoms with E-state index in [9.17, 15) is 13.4 Å². The fourth-order valence-corrected chi connectivity index (χ4v) is 3.39. The number of hydrogen-bond acceptors (Lipinski definition) is 3. The van der Waals surface area contributed by atoms with E-state index in [1.807, 2.05) is 0 Å². The lowest BCUT2D eigenvalue weighted by atomic mass is 10.0. The molecule has 1 N–H and O–H groups in total. The van der Waals surface area contributed by atoms with Crippen LogP contribution in [0.1, 0.15) is 45.7 Å². The SMILES string of the molecule is CCOC(=O)C[C@H](N[S@@](=O)C(C)(C)C)c1cc(Br)cc(Cl)c1F. The highest BCUT2D eigenvalue weighted by molar-refractivity contribution is 9.10. The average Bonchev–Trinajstić information content (AvgIpc) is 2.41. The predicted octanol–water partition coefficient (Wildman–Crippen LogP) is 4.29. The molecule has 2 atom stereocenters. The fraction of sp³-hybridized carbons (Fsp3) is 0.533. The first-order valence-electron chi connectivity index (χ1n) is 7.04. The number of halogens is 3. The van der Waals surface area contributed by atoms with Crippen LogP contribution in [0.3, 0.4) is 0 Å². The number of benzene rings is 1. The molecule has 4 nitrogen and oxygen atoms in total. The van der Waals surface area contributed by atoms with Gasteiger partial charge in [-0.1, -0.05) is 27.5 Å². The minimum Gasteiger partial charge on any atom is -0.466 e. The van der Waals surface area contributed by atoms with Gasteiger partial charge in [-0.05, 0) is 39.8 Å². The lowest BCUT2D eigenvalue weighted by Crippen LogP contribution is -2.37. The molecule has 0 spiro atoms. The molecular formula is C15H20BrClFNO3S. The van der Waals surface area contributed by atoms with Crippen LogP contribution >= 0.6 is 27.5 Å². The Balaban J connectivity index is 3.18. The van der Waals surface area contributed by atoms with Crippen molar-refractivity contribution in [2.45, 2.75) is 44.9 Å². The normalized spacial score (nSPS) is 14.4. The van der Waals surface area contributed by atoms with Crippen molar-refractivity contribution in [2.24, 2.45) is 0 Å². The van der Waals surface area contributed by atoms with Crippen LogP contribution < -0.4 is 4.72 Å². The van der Waals surface area contributed by atoms with Crippen LogP contribution in [0.25, 0.3) is 0 Å². The highest BCUT2D eigenvalue weighted by Gasteiger charge is 2.28. The summed E-state index contributed by atoms with van der Waals surface area (Å²) in [5.41, 5.74) is 0.162. The molecule has 0 heterocycles. The Morgan fingerprint density at radius 3 is 2.61 bits per heavy atom. The molecule has 23 heavy (non-hydrogen) atoms. The molecule has 0 radical (unpaired) electrons. The standard InChI is InChI=1S/C15H20BrClFNO3S/c1-5-22-13(20)8-12(19-23(21)15(2,3)4)10-6-9(16)7-11(17)14(10)18/h6-7,12,19H,5,8H2,1-4H3/t12-,23-/m0/s1. The van der Waals surface area contributed by atoms with Crippen LogP contribution in [0, 0.1) is 5.82 Å². The number of hydrogen-bond donors (Lipinski definition) is 1. The van der Waals surface area contributed by atoms with Crippen molar-refractivity contribution in [3.05, 3.63) is 33.0 Å². The summed E-state index contributed by atoms with van der Waals surface area (Å²) in [6, 6.07) is 2.12. The minimum absolute atomic E-state index is 0.0772. The Bertz CT molecular complexity index is 607. The number of carbonyl (C=O) groups is 1. The first-order valence-corrected chi connectivity index (χ1v) is 9.36. The zero-order valence-electron chi connectivity index (χ0n) is 13.4. The van der Waals surface area contributed by atoms with E-state index < -0.39 is 33.6 Å². The lowest BCUT2D eigenvalue weighted by molar-refractivity contribution is -0.143. The van der Waals surface area contributed by atoms with Crippen LogP contribution in [0.5, 0.6) is 0 Å². The second-order valence-electron chi connectivity index (χ2n) is 5.85. The number of ether oxygens (including phenoxy) is 1. The van der Waals surface area contributed by atoms with E-state index in [4.69, 9.17) is 16.3 Å². The quantitative estimate of drug-likeness (QED) is 0.543. The predicted molar refractivity (Wildman–Crippen MR) is 94.1 cm³/mol. The summed E-state index contributed by atoms with van der Waals surface area (Å²) in [5, 5.41) is -0.0772. The maximum Gasteiger partial charge on any atom is 0.307 e. The molecule has 1 aromatic rings. The van der Waals surface area contributed by atoms with Crippen LogP contribution in [0.2, 0.25) is 5.02 Å². The van der Waals surface area contributed by atoms with Crippen molar-refractivity contribution in [1.82, 2.24) is 4.72 Å². The number of carbonyl (C=O) groups excluding carboxylic acids is 1. The summed E-state index contributed by atoms with van der Waals surface area (Å²) in [4.78, 5) is 11.8. The molecule has 0 amide bonds. The molecule has 130 valence electrons. The van der Waals surface area contributed by atoms with E-state index in [1.165, 1.54) is 12.1 Å². The molecule has 0 fully saturated rings. The third-order valence-electron chi connectivity index (χ3n) is 2.88. The van der Waals surface area contributed by atoms with Crippen molar-refractivity contribution in [3.63, 3.8) is 0 Å². The topological polar surface area (TPSA) is 55.4 Å². The van der Waals surface area contributed by atoms with E-state index in [0.29, 0.717) is 4.47 Å². The molecular weight excluding hydrogens is 409 g/mol. The Hall–Kier alpha value is -0.500. The smallest absolute Gasteiger partial charge is 0.307 e. The van der Waals surface area contributed by atoms with Gasteiger partial charge in [0, 0.05) is 10.0 Å². The van der Waals surface area contributed by atoms with Crippen molar-refractivity contribution < 1.29 is 18.1 Å². The Morgan fingerprint density at radius 2 is 2.09 bits per heavy atom. The molecule has 0 aliphatic carbocycles. The summed E-state index contributed by atoms with van der Waals surface area (Å²) in [7, 11) is -1.49. The zero-order chi connectivity index (χ0) is 17.8. The molecule has 0 saturated carbocycles. The van der Waals surface area contributed by atoms with Gasteiger partial charge in [-0.15, -0.1) is 0 Å². The Labute approximate surface area is 151 Å². The molecule has 1 rings (SSSR count). The summed E-state index contributed by atoms with van der Waals surface area (Å²) in [6.07, 6.45) is -0.153. The fourth-order valence-electron chi connectivity index (χ4n) is 1.74. The van der Waals surface area contributed by atoms with E-state index in [2.05, 4.69) is 20.7 Å². The van der Waals surface area contributed by atoms with E-state index >= 15 is 0 Å². The first-order chi connectivity index (χ1) is 10.6. The third-order valence-corrected chi connectivity index (χ3v) is 5.22. The van der Waals surface area contributed by atoms with Gasteiger partial charge >= 0.3 is 5.97 Å². The molecule has 0 bridgehead atoms. The first kappa shape index (κ1) is 20.5. The van der Waals surface area contributed by atoms with Gasteiger partial charge in [0.25, 0.3) is 0 Å². The number of esters is 1. The van der Waals surface area contributed by atoms with Gasteiger partial charge in [0.15, 0.2) is 0 Å². The number of nitrogens with one attached hydrogen (secondary N) is 1. The molecule has 1 aromatic carbocycles. The van der Waals surface area contributed by atoms with Crippen LogP contribution in [0.15, 0.2) is 16.6 Å². The molecule has 0 aromatic heterocycles. The van der Waals surface area contributed by atoms with Gasteiger partial charge in [0.05, 0.1) is 39.8 Å². The average molecular weight is 429 g/mol. The zero-order valence-corrected chi connectivity index (χ0v) is 16.6. The van der Waals surface area contributed by atoms with Crippen LogP contribution in [0.4, 0.5) is 4.39 Å². The van der Waals surface area contributed by atoms with Crippen LogP contribution in [-0.2, 0) is 20.5 Å². The molecule has 0 saturated heterocycles. The van der Waals surface area contributed by atoms with Crippen molar-refractivity contribution in [2.75, 3.05) is 6.61 Å². The monoisotopic (exact) mass is 427 g/mol. The Morgan fingerprint density at radius 1 is 1.48 bits per heavy atom. The van der Waals surface area contributed by atoms with Crippen molar-refractivity contribution in [1.29, 1.82) is 0 Å². The van der Waals surface area contributed by atoms with Crippen molar-refractivity contribution in [3.8, 4) is 0 Å². The second-order valence-corrected chi connectivity index (χ2v) is 9.17. The maximum absolute atomic E-state index is 14.4. The van der Waals surface area contributed by atoms with Gasteiger partial charge in [-0.2, -0.15) is 0 Å². The van der Waals surface area contributed by atoms with Crippen molar-refractivity contribution >= 4 is 44.5 Å². The van der Waals surface area contributed by atoms with Gasteiger partial charge in [-0.3, -0.25) is 4.79 Å². The third kappa shape index (κ3) is 6.14. The summed E-state index contributed by atoms with van der Waals surface area (Å²) >= 11 is 9.11.